The Morgan fingerprint density at radius 2 is 1.95 bits per heavy atom. The molecule has 0 aliphatic rings. The van der Waals surface area contributed by atoms with Crippen LogP contribution < -0.4 is 10.3 Å². The summed E-state index contributed by atoms with van der Waals surface area (Å²) in [5, 5.41) is 0.131. The fourth-order valence-corrected chi connectivity index (χ4v) is 2.64. The number of hydrogen-bond donors (Lipinski definition) is 2. The molecule has 0 amide bonds. The van der Waals surface area contributed by atoms with Crippen LogP contribution in [0.2, 0.25) is 0 Å². The van der Waals surface area contributed by atoms with Gasteiger partial charge in [0.2, 0.25) is 10.0 Å². The molecule has 2 rings (SSSR count). The van der Waals surface area contributed by atoms with E-state index in [1.54, 1.807) is 0 Å². The highest BCUT2D eigenvalue weighted by Gasteiger charge is 2.37. The number of pyridine rings is 1. The van der Waals surface area contributed by atoms with Gasteiger partial charge >= 0.3 is 6.18 Å². The highest BCUT2D eigenvalue weighted by molar-refractivity contribution is 7.89. The van der Waals surface area contributed by atoms with E-state index in [-0.39, 0.29) is 10.9 Å². The minimum absolute atomic E-state index is 0.115. The van der Waals surface area contributed by atoms with Gasteiger partial charge in [-0.15, -0.1) is 0 Å². The van der Waals surface area contributed by atoms with Crippen LogP contribution in [0.3, 0.4) is 0 Å². The third-order valence-electron chi connectivity index (χ3n) is 2.62. The van der Waals surface area contributed by atoms with Crippen molar-refractivity contribution in [3.8, 4) is 0 Å². The lowest BCUT2D eigenvalue weighted by Gasteiger charge is -2.14. The molecule has 20 heavy (non-hydrogen) atoms. The molecule has 0 bridgehead atoms. The molecule has 0 saturated heterocycles. The van der Waals surface area contributed by atoms with E-state index >= 15 is 0 Å². The summed E-state index contributed by atoms with van der Waals surface area (Å²) >= 11 is 0. The Labute approximate surface area is 111 Å². The molecule has 1 aromatic carbocycles. The van der Waals surface area contributed by atoms with Gasteiger partial charge in [0.05, 0.1) is 16.5 Å². The predicted molar refractivity (Wildman–Crippen MR) is 64.7 cm³/mol. The summed E-state index contributed by atoms with van der Waals surface area (Å²) in [7, 11) is -3.28. The average Bonchev–Trinajstić information content (AvgIpc) is 2.36. The van der Waals surface area contributed by atoms with Gasteiger partial charge in [-0.2, -0.15) is 13.2 Å². The maximum absolute atomic E-state index is 13.0. The van der Waals surface area contributed by atoms with Gasteiger partial charge in [-0.25, -0.2) is 13.1 Å². The Hall–Kier alpha value is -1.87. The molecule has 1 heterocycles. The van der Waals surface area contributed by atoms with E-state index in [0.29, 0.717) is 6.07 Å². The van der Waals surface area contributed by atoms with Crippen molar-refractivity contribution < 1.29 is 21.6 Å². The van der Waals surface area contributed by atoms with Crippen LogP contribution in [-0.2, 0) is 16.2 Å². The molecule has 0 spiro atoms. The second-order valence-corrected chi connectivity index (χ2v) is 5.74. The summed E-state index contributed by atoms with van der Waals surface area (Å²) in [6.45, 7) is 0. The second kappa shape index (κ2) is 4.60. The van der Waals surface area contributed by atoms with E-state index in [9.17, 15) is 26.4 Å². The van der Waals surface area contributed by atoms with Crippen molar-refractivity contribution in [1.29, 1.82) is 0 Å². The Morgan fingerprint density at radius 1 is 1.30 bits per heavy atom. The number of hydrogen-bond acceptors (Lipinski definition) is 3. The topological polar surface area (TPSA) is 79.0 Å². The van der Waals surface area contributed by atoms with Gasteiger partial charge in [-0.05, 0) is 25.2 Å². The maximum atomic E-state index is 13.0. The first-order valence-electron chi connectivity index (χ1n) is 5.24. The predicted octanol–water partition coefficient (Wildman–Crippen LogP) is 1.26. The van der Waals surface area contributed by atoms with Gasteiger partial charge in [0.25, 0.3) is 5.56 Å². The SMILES string of the molecule is CNS(=O)(=O)c1cc2c[c]c(=O)[nH]c2cc1C(F)(F)F. The van der Waals surface area contributed by atoms with Gasteiger partial charge in [-0.3, -0.25) is 4.79 Å². The fourth-order valence-electron chi connectivity index (χ4n) is 1.68. The molecular formula is C11H8F3N2O3S. The average molecular weight is 305 g/mol. The lowest BCUT2D eigenvalue weighted by molar-refractivity contribution is -0.139. The van der Waals surface area contributed by atoms with Crippen molar-refractivity contribution in [2.24, 2.45) is 0 Å². The zero-order valence-electron chi connectivity index (χ0n) is 10.00. The zero-order valence-corrected chi connectivity index (χ0v) is 10.8. The highest BCUT2D eigenvalue weighted by atomic mass is 32.2. The minimum atomic E-state index is -4.87. The molecule has 0 saturated carbocycles. The summed E-state index contributed by atoms with van der Waals surface area (Å²) in [4.78, 5) is 12.3. The lowest BCUT2D eigenvalue weighted by Crippen LogP contribution is -2.23. The normalized spacial score (nSPS) is 12.8. The third-order valence-corrected chi connectivity index (χ3v) is 4.08. The van der Waals surface area contributed by atoms with E-state index in [4.69, 9.17) is 0 Å². The standard InChI is InChI=1S/C11H8F3N2O3S/c1-15-20(18,19)9-4-6-2-3-10(17)16-8(6)5-7(9)11(12,13)14/h2,4-5,15H,1H3,(H,16,17). The molecule has 0 aliphatic carbocycles. The summed E-state index contributed by atoms with van der Waals surface area (Å²) in [6, 6.07) is 4.79. The van der Waals surface area contributed by atoms with Crippen LogP contribution in [0.4, 0.5) is 13.2 Å². The Kier molecular flexibility index (Phi) is 3.34. The molecule has 0 fully saturated rings. The lowest BCUT2D eigenvalue weighted by atomic mass is 10.1. The zero-order chi connectivity index (χ0) is 15.1. The summed E-state index contributed by atoms with van der Waals surface area (Å²) < 4.78 is 64.1. The first-order chi connectivity index (χ1) is 9.15. The molecule has 5 nitrogen and oxygen atoms in total. The van der Waals surface area contributed by atoms with Crippen LogP contribution in [0.25, 0.3) is 10.9 Å². The third kappa shape index (κ3) is 2.54. The van der Waals surface area contributed by atoms with Gasteiger partial charge < -0.3 is 4.98 Å². The van der Waals surface area contributed by atoms with E-state index in [1.807, 2.05) is 4.72 Å². The quantitative estimate of drug-likeness (QED) is 0.876. The largest absolute Gasteiger partial charge is 0.417 e. The molecule has 1 radical (unpaired) electrons. The van der Waals surface area contributed by atoms with Crippen LogP contribution in [0.1, 0.15) is 5.56 Å². The van der Waals surface area contributed by atoms with Crippen LogP contribution in [0.15, 0.2) is 27.9 Å². The number of halogens is 3. The number of rotatable bonds is 2. The first kappa shape index (κ1) is 14.5. The number of H-pyrrole nitrogens is 1. The molecule has 0 atom stereocenters. The highest BCUT2D eigenvalue weighted by Crippen LogP contribution is 2.36. The summed E-state index contributed by atoms with van der Waals surface area (Å²) in [6.07, 6.45) is -4.87. The fraction of sp³-hybridized carbons (Fsp3) is 0.182. The van der Waals surface area contributed by atoms with Gasteiger partial charge in [-0.1, -0.05) is 0 Å². The number of benzene rings is 1. The van der Waals surface area contributed by atoms with Crippen molar-refractivity contribution in [3.05, 3.63) is 40.2 Å². The number of alkyl halides is 3. The van der Waals surface area contributed by atoms with Crippen LogP contribution >= 0.6 is 0 Å². The van der Waals surface area contributed by atoms with Crippen LogP contribution in [0.5, 0.6) is 0 Å². The Morgan fingerprint density at radius 3 is 2.50 bits per heavy atom. The minimum Gasteiger partial charge on any atom is -0.321 e. The van der Waals surface area contributed by atoms with Gasteiger partial charge in [0, 0.05) is 10.9 Å². The van der Waals surface area contributed by atoms with E-state index in [1.165, 1.54) is 0 Å². The van der Waals surface area contributed by atoms with E-state index in [0.717, 1.165) is 19.2 Å². The Balaban J connectivity index is 2.92. The van der Waals surface area contributed by atoms with E-state index in [2.05, 4.69) is 11.1 Å². The van der Waals surface area contributed by atoms with Gasteiger partial charge in [0.15, 0.2) is 0 Å². The van der Waals surface area contributed by atoms with E-state index < -0.39 is 32.2 Å². The molecule has 0 unspecified atom stereocenters. The molecule has 9 heteroatoms. The van der Waals surface area contributed by atoms with Gasteiger partial charge in [0.1, 0.15) is 0 Å². The van der Waals surface area contributed by atoms with Crippen LogP contribution in [-0.4, -0.2) is 20.4 Å². The van der Waals surface area contributed by atoms with Crippen molar-refractivity contribution in [3.63, 3.8) is 0 Å². The van der Waals surface area contributed by atoms with Crippen LogP contribution in [0, 0.1) is 6.07 Å². The van der Waals surface area contributed by atoms with Crippen molar-refractivity contribution in [2.75, 3.05) is 7.05 Å². The molecule has 2 aromatic rings. The smallest absolute Gasteiger partial charge is 0.321 e. The van der Waals surface area contributed by atoms with Crippen molar-refractivity contribution in [2.45, 2.75) is 11.1 Å². The molecule has 1 aromatic heterocycles. The molecule has 107 valence electrons. The van der Waals surface area contributed by atoms with Crippen molar-refractivity contribution in [1.82, 2.24) is 9.71 Å². The summed E-state index contributed by atoms with van der Waals surface area (Å²) in [5.41, 5.74) is -2.16. The molecular weight excluding hydrogens is 297 g/mol. The summed E-state index contributed by atoms with van der Waals surface area (Å²) in [5.74, 6) is 0. The second-order valence-electron chi connectivity index (χ2n) is 3.88. The number of nitrogens with one attached hydrogen (secondary N) is 2. The monoisotopic (exact) mass is 305 g/mol. The number of aromatic amines is 1. The number of aromatic nitrogens is 1. The van der Waals surface area contributed by atoms with Crippen molar-refractivity contribution >= 4 is 20.9 Å². The number of sulfonamides is 1. The first-order valence-corrected chi connectivity index (χ1v) is 6.73. The maximum Gasteiger partial charge on any atom is 0.417 e. The number of fused-ring (bicyclic) bond motifs is 1. The Bertz CT molecular complexity index is 825. The molecule has 0 aliphatic heterocycles. The molecule has 2 N–H and O–H groups in total.